The molecule has 2 aliphatic rings. The number of thioether (sulfide) groups is 1. The number of hydrogen-bond acceptors (Lipinski definition) is 2. The smallest absolute Gasteiger partial charge is 0.0668 e. The first-order chi connectivity index (χ1) is 4.87. The van der Waals surface area contributed by atoms with Gasteiger partial charge in [-0.2, -0.15) is 0 Å². The van der Waals surface area contributed by atoms with Crippen molar-refractivity contribution in [3.63, 3.8) is 0 Å². The van der Waals surface area contributed by atoms with Gasteiger partial charge in [-0.05, 0) is 45.0 Å². The molecular formula is C8H15NS. The second kappa shape index (κ2) is 2.42. The summed E-state index contributed by atoms with van der Waals surface area (Å²) in [6.07, 6.45) is 8.01. The van der Waals surface area contributed by atoms with Crippen LogP contribution in [0.5, 0.6) is 0 Å². The van der Waals surface area contributed by atoms with E-state index in [2.05, 4.69) is 22.9 Å². The minimum Gasteiger partial charge on any atom is -0.289 e. The summed E-state index contributed by atoms with van der Waals surface area (Å²) < 4.78 is 0. The van der Waals surface area contributed by atoms with Crippen molar-refractivity contribution in [1.82, 2.24) is 4.90 Å². The fraction of sp³-hybridized carbons (Fsp3) is 1.00. The average molecular weight is 157 g/mol. The molecule has 0 aliphatic carbocycles. The van der Waals surface area contributed by atoms with Gasteiger partial charge in [0.25, 0.3) is 0 Å². The summed E-state index contributed by atoms with van der Waals surface area (Å²) in [5, 5.41) is 0. The van der Waals surface area contributed by atoms with Gasteiger partial charge in [0.2, 0.25) is 0 Å². The van der Waals surface area contributed by atoms with Crippen LogP contribution in [0.15, 0.2) is 0 Å². The molecule has 0 unspecified atom stereocenters. The maximum atomic E-state index is 2.68. The highest BCUT2D eigenvalue weighted by Gasteiger charge is 2.43. The van der Waals surface area contributed by atoms with Crippen LogP contribution in [0.2, 0.25) is 0 Å². The predicted octanol–water partition coefficient (Wildman–Crippen LogP) is 1.94. The van der Waals surface area contributed by atoms with E-state index in [1.165, 1.54) is 38.8 Å². The maximum Gasteiger partial charge on any atom is 0.0668 e. The van der Waals surface area contributed by atoms with Crippen molar-refractivity contribution in [2.24, 2.45) is 0 Å². The van der Waals surface area contributed by atoms with Gasteiger partial charge in [-0.3, -0.25) is 4.90 Å². The van der Waals surface area contributed by atoms with Crippen molar-refractivity contribution in [3.05, 3.63) is 0 Å². The third-order valence-corrected chi connectivity index (χ3v) is 4.37. The first-order valence-electron chi connectivity index (χ1n) is 4.18. The van der Waals surface area contributed by atoms with E-state index in [4.69, 9.17) is 0 Å². The Morgan fingerprint density at radius 3 is 2.20 bits per heavy atom. The molecule has 0 N–H and O–H groups in total. The Bertz CT molecular complexity index is 125. The van der Waals surface area contributed by atoms with Crippen molar-refractivity contribution in [1.29, 1.82) is 0 Å². The van der Waals surface area contributed by atoms with Gasteiger partial charge in [0.05, 0.1) is 4.87 Å². The van der Waals surface area contributed by atoms with E-state index < -0.39 is 0 Å². The molecule has 1 nitrogen and oxygen atoms in total. The van der Waals surface area contributed by atoms with Crippen LogP contribution in [0.1, 0.15) is 25.7 Å². The summed E-state index contributed by atoms with van der Waals surface area (Å²) in [4.78, 5) is 3.28. The number of rotatable bonds is 1. The van der Waals surface area contributed by atoms with Crippen LogP contribution in [0.3, 0.4) is 0 Å². The lowest BCUT2D eigenvalue weighted by atomic mass is 10.1. The Morgan fingerprint density at radius 2 is 1.80 bits per heavy atom. The molecule has 2 heteroatoms. The van der Waals surface area contributed by atoms with Crippen LogP contribution in [-0.4, -0.2) is 29.1 Å². The summed E-state index contributed by atoms with van der Waals surface area (Å²) in [6.45, 7) is 2.72. The minimum atomic E-state index is 0.597. The van der Waals surface area contributed by atoms with Crippen molar-refractivity contribution in [3.8, 4) is 0 Å². The van der Waals surface area contributed by atoms with Gasteiger partial charge in [-0.1, -0.05) is 0 Å². The standard InChI is InChI=1S/C8H15NS/c1-10-8-4-2-6-9(8)7-3-5-8/h2-7H2,1H3. The molecule has 2 heterocycles. The highest BCUT2D eigenvalue weighted by atomic mass is 32.2. The quantitative estimate of drug-likeness (QED) is 0.572. The van der Waals surface area contributed by atoms with Gasteiger partial charge < -0.3 is 0 Å². The Balaban J connectivity index is 2.15. The van der Waals surface area contributed by atoms with Gasteiger partial charge in [0, 0.05) is 0 Å². The van der Waals surface area contributed by atoms with Gasteiger partial charge in [0.1, 0.15) is 0 Å². The van der Waals surface area contributed by atoms with Crippen LogP contribution in [-0.2, 0) is 0 Å². The lowest BCUT2D eigenvalue weighted by Crippen LogP contribution is -2.34. The third kappa shape index (κ3) is 0.817. The van der Waals surface area contributed by atoms with E-state index in [1.54, 1.807) is 0 Å². The van der Waals surface area contributed by atoms with Crippen LogP contribution >= 0.6 is 11.8 Å². The van der Waals surface area contributed by atoms with E-state index in [1.807, 2.05) is 0 Å². The van der Waals surface area contributed by atoms with E-state index in [9.17, 15) is 0 Å². The molecule has 0 aromatic rings. The lowest BCUT2D eigenvalue weighted by molar-refractivity contribution is 0.294. The summed E-state index contributed by atoms with van der Waals surface area (Å²) >= 11 is 2.08. The molecular weight excluding hydrogens is 142 g/mol. The van der Waals surface area contributed by atoms with E-state index >= 15 is 0 Å². The highest BCUT2D eigenvalue weighted by Crippen LogP contribution is 2.45. The highest BCUT2D eigenvalue weighted by molar-refractivity contribution is 7.99. The second-order valence-corrected chi connectivity index (χ2v) is 4.51. The van der Waals surface area contributed by atoms with E-state index in [-0.39, 0.29) is 0 Å². The molecule has 0 atom stereocenters. The largest absolute Gasteiger partial charge is 0.289 e. The topological polar surface area (TPSA) is 3.24 Å². The van der Waals surface area contributed by atoms with E-state index in [0.29, 0.717) is 4.87 Å². The molecule has 2 saturated heterocycles. The van der Waals surface area contributed by atoms with Crippen LogP contribution in [0.4, 0.5) is 0 Å². The van der Waals surface area contributed by atoms with Crippen LogP contribution < -0.4 is 0 Å². The molecule has 58 valence electrons. The fourth-order valence-corrected chi connectivity index (χ4v) is 3.52. The molecule has 0 saturated carbocycles. The first-order valence-corrected chi connectivity index (χ1v) is 5.40. The normalized spacial score (nSPS) is 30.9. The van der Waals surface area contributed by atoms with Gasteiger partial charge >= 0.3 is 0 Å². The Hall–Kier alpha value is 0.310. The molecule has 2 aliphatic heterocycles. The van der Waals surface area contributed by atoms with Crippen LogP contribution in [0.25, 0.3) is 0 Å². The zero-order chi connectivity index (χ0) is 7.03. The zero-order valence-electron chi connectivity index (χ0n) is 6.60. The Labute approximate surface area is 67.2 Å². The molecule has 0 radical (unpaired) electrons. The monoisotopic (exact) mass is 157 g/mol. The Kier molecular flexibility index (Phi) is 1.69. The fourth-order valence-electron chi connectivity index (χ4n) is 2.39. The molecule has 0 aromatic heterocycles. The lowest BCUT2D eigenvalue weighted by Gasteiger charge is -2.29. The van der Waals surface area contributed by atoms with Gasteiger partial charge in [-0.15, -0.1) is 11.8 Å². The zero-order valence-corrected chi connectivity index (χ0v) is 7.41. The Morgan fingerprint density at radius 1 is 1.20 bits per heavy atom. The molecule has 0 amide bonds. The molecule has 0 aromatic carbocycles. The van der Waals surface area contributed by atoms with Crippen molar-refractivity contribution in [2.75, 3.05) is 19.3 Å². The van der Waals surface area contributed by atoms with Crippen molar-refractivity contribution >= 4 is 11.8 Å². The molecule has 0 bridgehead atoms. The first kappa shape index (κ1) is 6.99. The maximum absolute atomic E-state index is 2.68. The van der Waals surface area contributed by atoms with Crippen molar-refractivity contribution in [2.45, 2.75) is 30.6 Å². The molecule has 0 spiro atoms. The minimum absolute atomic E-state index is 0.597. The number of nitrogens with zero attached hydrogens (tertiary/aromatic N) is 1. The third-order valence-electron chi connectivity index (χ3n) is 2.95. The summed E-state index contributed by atoms with van der Waals surface area (Å²) in [6, 6.07) is 0. The summed E-state index contributed by atoms with van der Waals surface area (Å²) in [5.41, 5.74) is 0. The summed E-state index contributed by atoms with van der Waals surface area (Å²) in [5.74, 6) is 0. The average Bonchev–Trinajstić information content (AvgIpc) is 2.42. The summed E-state index contributed by atoms with van der Waals surface area (Å²) in [7, 11) is 0. The molecule has 2 rings (SSSR count). The predicted molar refractivity (Wildman–Crippen MR) is 46.3 cm³/mol. The second-order valence-electron chi connectivity index (χ2n) is 3.34. The molecule has 10 heavy (non-hydrogen) atoms. The number of hydrogen-bond donors (Lipinski definition) is 0. The number of fused-ring (bicyclic) bond motifs is 1. The molecule has 2 fully saturated rings. The SMILES string of the molecule is CSC12CCCN1CCC2. The van der Waals surface area contributed by atoms with Gasteiger partial charge in [-0.25, -0.2) is 0 Å². The van der Waals surface area contributed by atoms with Crippen LogP contribution in [0, 0.1) is 0 Å². The van der Waals surface area contributed by atoms with E-state index in [0.717, 1.165) is 0 Å². The van der Waals surface area contributed by atoms with Gasteiger partial charge in [0.15, 0.2) is 0 Å². The van der Waals surface area contributed by atoms with Crippen molar-refractivity contribution < 1.29 is 0 Å².